The normalized spacial score (nSPS) is 15.6. The molecule has 0 atom stereocenters. The van der Waals surface area contributed by atoms with Crippen LogP contribution in [0.3, 0.4) is 0 Å². The standard InChI is InChI=1S/C22H25N3O3S/c1-3-24-13-15-25(16-14-24)22-21(29(26,27)18-10-5-4-6-11-18)23-20(28-22)19-12-8-7-9-17(19)2/h4-12H,3,13-16H2,1-2H3/p+1. The summed E-state index contributed by atoms with van der Waals surface area (Å²) in [5, 5.41) is 0.00176. The Labute approximate surface area is 171 Å². The highest BCUT2D eigenvalue weighted by Crippen LogP contribution is 2.35. The van der Waals surface area contributed by atoms with Crippen molar-refractivity contribution in [2.24, 2.45) is 0 Å². The molecule has 1 N–H and O–H groups in total. The van der Waals surface area contributed by atoms with Gasteiger partial charge >= 0.3 is 0 Å². The van der Waals surface area contributed by atoms with E-state index in [1.54, 1.807) is 30.3 Å². The zero-order valence-electron chi connectivity index (χ0n) is 16.8. The number of hydrogen-bond acceptors (Lipinski definition) is 5. The van der Waals surface area contributed by atoms with E-state index in [1.807, 2.05) is 36.1 Å². The summed E-state index contributed by atoms with van der Waals surface area (Å²) in [6.07, 6.45) is 0. The van der Waals surface area contributed by atoms with Crippen molar-refractivity contribution in [1.29, 1.82) is 0 Å². The molecule has 6 nitrogen and oxygen atoms in total. The van der Waals surface area contributed by atoms with Crippen molar-refractivity contribution in [3.63, 3.8) is 0 Å². The highest BCUT2D eigenvalue weighted by molar-refractivity contribution is 7.91. The van der Waals surface area contributed by atoms with Gasteiger partial charge in [-0.3, -0.25) is 0 Å². The van der Waals surface area contributed by atoms with E-state index in [4.69, 9.17) is 4.42 Å². The summed E-state index contributed by atoms with van der Waals surface area (Å²) in [6.45, 7) is 8.57. The topological polar surface area (TPSA) is 67.8 Å². The Balaban J connectivity index is 1.82. The SMILES string of the molecule is CC[NH+]1CCN(c2oc(-c3ccccc3C)nc2S(=O)(=O)c2ccccc2)CC1. The number of oxazole rings is 1. The number of rotatable bonds is 5. The van der Waals surface area contributed by atoms with E-state index < -0.39 is 9.84 Å². The minimum atomic E-state index is -3.79. The molecule has 4 rings (SSSR count). The van der Waals surface area contributed by atoms with E-state index in [-0.39, 0.29) is 9.92 Å². The molecule has 152 valence electrons. The van der Waals surface area contributed by atoms with Crippen LogP contribution in [0.15, 0.2) is 68.9 Å². The number of nitrogens with zero attached hydrogens (tertiary/aromatic N) is 2. The minimum absolute atomic E-state index is 0.00176. The molecule has 3 aromatic rings. The smallest absolute Gasteiger partial charge is 0.236 e. The van der Waals surface area contributed by atoms with E-state index in [9.17, 15) is 8.42 Å². The van der Waals surface area contributed by atoms with Crippen molar-refractivity contribution in [2.75, 3.05) is 37.6 Å². The van der Waals surface area contributed by atoms with Gasteiger partial charge in [-0.1, -0.05) is 36.4 Å². The maximum Gasteiger partial charge on any atom is 0.236 e. The average Bonchev–Trinajstić information content (AvgIpc) is 3.21. The summed E-state index contributed by atoms with van der Waals surface area (Å²) in [5.74, 6) is 0.695. The molecule has 1 saturated heterocycles. The quantitative estimate of drug-likeness (QED) is 0.696. The van der Waals surface area contributed by atoms with Crippen LogP contribution in [0.25, 0.3) is 11.5 Å². The molecule has 0 amide bonds. The predicted octanol–water partition coefficient (Wildman–Crippen LogP) is 2.21. The Hall–Kier alpha value is -2.64. The number of quaternary nitrogens is 1. The van der Waals surface area contributed by atoms with Crippen molar-refractivity contribution < 1.29 is 17.7 Å². The van der Waals surface area contributed by atoms with Gasteiger partial charge in [-0.25, -0.2) is 8.42 Å². The maximum atomic E-state index is 13.4. The van der Waals surface area contributed by atoms with Gasteiger partial charge in [0.05, 0.1) is 37.6 Å². The first-order valence-corrected chi connectivity index (χ1v) is 11.4. The van der Waals surface area contributed by atoms with Gasteiger partial charge in [0.15, 0.2) is 0 Å². The summed E-state index contributed by atoms with van der Waals surface area (Å²) in [7, 11) is -3.79. The Morgan fingerprint density at radius 1 is 1.03 bits per heavy atom. The molecule has 7 heteroatoms. The summed E-state index contributed by atoms with van der Waals surface area (Å²) >= 11 is 0. The lowest BCUT2D eigenvalue weighted by atomic mass is 10.1. The van der Waals surface area contributed by atoms with Gasteiger partial charge in [0.2, 0.25) is 26.6 Å². The lowest BCUT2D eigenvalue weighted by molar-refractivity contribution is -0.898. The fourth-order valence-corrected chi connectivity index (χ4v) is 5.03. The van der Waals surface area contributed by atoms with Gasteiger partial charge in [0, 0.05) is 5.56 Å². The van der Waals surface area contributed by atoms with Crippen LogP contribution in [0, 0.1) is 6.92 Å². The number of nitrogens with one attached hydrogen (secondary N) is 1. The molecule has 0 saturated carbocycles. The second-order valence-corrected chi connectivity index (χ2v) is 9.22. The van der Waals surface area contributed by atoms with Crippen LogP contribution in [0.1, 0.15) is 12.5 Å². The van der Waals surface area contributed by atoms with Gasteiger partial charge in [0.1, 0.15) is 0 Å². The van der Waals surface area contributed by atoms with Crippen LogP contribution in [0.4, 0.5) is 5.88 Å². The highest BCUT2D eigenvalue weighted by atomic mass is 32.2. The second-order valence-electron chi connectivity index (χ2n) is 7.35. The molecule has 0 aliphatic carbocycles. The molecule has 1 aromatic heterocycles. The van der Waals surface area contributed by atoms with Crippen LogP contribution in [-0.4, -0.2) is 46.1 Å². The molecule has 1 fully saturated rings. The van der Waals surface area contributed by atoms with Gasteiger partial charge in [-0.15, -0.1) is 0 Å². The summed E-state index contributed by atoms with van der Waals surface area (Å²) < 4.78 is 32.9. The first-order valence-electron chi connectivity index (χ1n) is 9.96. The Kier molecular flexibility index (Phi) is 5.43. The van der Waals surface area contributed by atoms with Crippen molar-refractivity contribution in [1.82, 2.24) is 4.98 Å². The molecule has 2 heterocycles. The lowest BCUT2D eigenvalue weighted by Gasteiger charge is -2.31. The fourth-order valence-electron chi connectivity index (χ4n) is 3.69. The van der Waals surface area contributed by atoms with Gasteiger partial charge < -0.3 is 14.2 Å². The third-order valence-corrected chi connectivity index (χ3v) is 7.19. The molecule has 1 aliphatic heterocycles. The van der Waals surface area contributed by atoms with Crippen LogP contribution in [0.2, 0.25) is 0 Å². The van der Waals surface area contributed by atoms with E-state index in [0.29, 0.717) is 11.8 Å². The van der Waals surface area contributed by atoms with E-state index in [2.05, 4.69) is 11.9 Å². The Bertz CT molecular complexity index is 1090. The molecular weight excluding hydrogens is 386 g/mol. The molecule has 0 unspecified atom stereocenters. The molecule has 29 heavy (non-hydrogen) atoms. The van der Waals surface area contributed by atoms with Gasteiger partial charge in [0.25, 0.3) is 0 Å². The minimum Gasteiger partial charge on any atom is -0.419 e. The third kappa shape index (κ3) is 3.80. The van der Waals surface area contributed by atoms with Gasteiger partial charge in [-0.2, -0.15) is 4.98 Å². The summed E-state index contributed by atoms with van der Waals surface area (Å²) in [4.78, 5) is 8.25. The number of aromatic nitrogens is 1. The molecule has 0 radical (unpaired) electrons. The van der Waals surface area contributed by atoms with Crippen LogP contribution in [0.5, 0.6) is 0 Å². The Morgan fingerprint density at radius 3 is 2.34 bits per heavy atom. The van der Waals surface area contributed by atoms with Crippen LogP contribution in [-0.2, 0) is 9.84 Å². The second kappa shape index (κ2) is 8.00. The number of sulfone groups is 1. The number of piperazine rings is 1. The fraction of sp³-hybridized carbons (Fsp3) is 0.318. The molecule has 0 spiro atoms. The van der Waals surface area contributed by atoms with Crippen molar-refractivity contribution in [2.45, 2.75) is 23.8 Å². The third-order valence-electron chi connectivity index (χ3n) is 5.52. The average molecular weight is 413 g/mol. The number of aryl methyl sites for hydroxylation is 1. The molecule has 1 aliphatic rings. The first-order chi connectivity index (χ1) is 14.0. The van der Waals surface area contributed by atoms with Crippen molar-refractivity contribution in [3.8, 4) is 11.5 Å². The molecular formula is C22H26N3O3S+. The van der Waals surface area contributed by atoms with E-state index in [0.717, 1.165) is 43.9 Å². The number of anilines is 1. The summed E-state index contributed by atoms with van der Waals surface area (Å²) in [5.41, 5.74) is 1.80. The first kappa shape index (κ1) is 19.7. The van der Waals surface area contributed by atoms with E-state index >= 15 is 0 Å². The largest absolute Gasteiger partial charge is 0.419 e. The zero-order chi connectivity index (χ0) is 20.4. The monoisotopic (exact) mass is 412 g/mol. The van der Waals surface area contributed by atoms with Crippen LogP contribution < -0.4 is 9.80 Å². The van der Waals surface area contributed by atoms with Gasteiger partial charge in [-0.05, 0) is 37.6 Å². The number of likely N-dealkylation sites (N-methyl/N-ethyl adjacent to an activating group) is 1. The zero-order valence-corrected chi connectivity index (χ0v) is 17.6. The van der Waals surface area contributed by atoms with Crippen molar-refractivity contribution in [3.05, 3.63) is 60.2 Å². The van der Waals surface area contributed by atoms with Crippen molar-refractivity contribution >= 4 is 15.7 Å². The Morgan fingerprint density at radius 2 is 1.69 bits per heavy atom. The highest BCUT2D eigenvalue weighted by Gasteiger charge is 2.33. The maximum absolute atomic E-state index is 13.4. The van der Waals surface area contributed by atoms with Crippen LogP contribution >= 0.6 is 0 Å². The predicted molar refractivity (Wildman–Crippen MR) is 112 cm³/mol. The lowest BCUT2D eigenvalue weighted by Crippen LogP contribution is -3.14. The number of benzene rings is 2. The van der Waals surface area contributed by atoms with E-state index in [1.165, 1.54) is 4.90 Å². The number of hydrogen-bond donors (Lipinski definition) is 1. The molecule has 0 bridgehead atoms. The summed E-state index contributed by atoms with van der Waals surface area (Å²) in [6, 6.07) is 16.2. The molecule has 2 aromatic carbocycles.